The lowest BCUT2D eigenvalue weighted by molar-refractivity contribution is -0.0840. The molecule has 0 fully saturated rings. The Labute approximate surface area is 69.8 Å². The van der Waals surface area contributed by atoms with Gasteiger partial charge in [0.25, 0.3) is 0 Å². The molecule has 2 unspecified atom stereocenters. The fourth-order valence-corrected chi connectivity index (χ4v) is 1.10. The van der Waals surface area contributed by atoms with E-state index in [0.29, 0.717) is 0 Å². The van der Waals surface area contributed by atoms with E-state index in [4.69, 9.17) is 18.3 Å². The number of rotatable bonds is 6. The van der Waals surface area contributed by atoms with Gasteiger partial charge in [0, 0.05) is 14.2 Å². The Morgan fingerprint density at radius 3 is 1.55 bits per heavy atom. The van der Waals surface area contributed by atoms with Crippen LogP contribution < -0.4 is 0 Å². The van der Waals surface area contributed by atoms with Crippen LogP contribution in [0.1, 0.15) is 13.8 Å². The summed E-state index contributed by atoms with van der Waals surface area (Å²) >= 11 is 0. The first-order valence-corrected chi connectivity index (χ1v) is 4.65. The Hall–Kier alpha value is 0.0569. The molecule has 2 atom stereocenters. The molecule has 0 bridgehead atoms. The van der Waals surface area contributed by atoms with Crippen LogP contribution in [0.15, 0.2) is 0 Å². The van der Waals surface area contributed by atoms with Crippen molar-refractivity contribution < 1.29 is 18.3 Å². The van der Waals surface area contributed by atoms with Gasteiger partial charge < -0.3 is 18.3 Å². The Kier molecular flexibility index (Phi) is 6.78. The smallest absolute Gasteiger partial charge is 0.308 e. The zero-order valence-corrected chi connectivity index (χ0v) is 8.91. The molecule has 5 heteroatoms. The van der Waals surface area contributed by atoms with Crippen molar-refractivity contribution in [1.82, 2.24) is 0 Å². The largest absolute Gasteiger partial charge is 0.373 e. The molecule has 68 valence electrons. The van der Waals surface area contributed by atoms with E-state index >= 15 is 0 Å². The Morgan fingerprint density at radius 2 is 1.27 bits per heavy atom. The predicted molar refractivity (Wildman–Crippen MR) is 43.7 cm³/mol. The highest BCUT2D eigenvalue weighted by Crippen LogP contribution is 1.92. The van der Waals surface area contributed by atoms with Crippen molar-refractivity contribution in [3.05, 3.63) is 0 Å². The highest BCUT2D eigenvalue weighted by molar-refractivity contribution is 6.18. The molecule has 0 aliphatic rings. The summed E-state index contributed by atoms with van der Waals surface area (Å²) in [7, 11) is 2.24. The third-order valence-electron chi connectivity index (χ3n) is 1.27. The van der Waals surface area contributed by atoms with Gasteiger partial charge in [-0.2, -0.15) is 0 Å². The monoisotopic (exact) mass is 180 g/mol. The summed E-state index contributed by atoms with van der Waals surface area (Å²) in [4.78, 5) is 0. The van der Waals surface area contributed by atoms with Gasteiger partial charge in [-0.3, -0.25) is 0 Å². The van der Waals surface area contributed by atoms with Gasteiger partial charge in [0.15, 0.2) is 0 Å². The molecule has 0 aromatic rings. The average Bonchev–Trinajstić information content (AvgIpc) is 2.04. The zero-order chi connectivity index (χ0) is 8.69. The van der Waals surface area contributed by atoms with Crippen molar-refractivity contribution >= 4 is 10.0 Å². The number of hydrogen-bond donors (Lipinski definition) is 0. The van der Waals surface area contributed by atoms with Crippen molar-refractivity contribution in [2.75, 3.05) is 14.2 Å². The minimum absolute atomic E-state index is 0.175. The molecule has 0 aromatic carbocycles. The van der Waals surface area contributed by atoms with Crippen LogP contribution in [0, 0.1) is 0 Å². The normalized spacial score (nSPS) is 17.5. The minimum atomic E-state index is -0.956. The molecule has 0 saturated carbocycles. The molecule has 0 amide bonds. The first kappa shape index (κ1) is 11.1. The minimum Gasteiger partial charge on any atom is -0.373 e. The van der Waals surface area contributed by atoms with E-state index in [1.807, 2.05) is 13.8 Å². The molecule has 0 aliphatic carbocycles. The molecular formula is C6H16O4Si. The van der Waals surface area contributed by atoms with Crippen LogP contribution >= 0.6 is 0 Å². The van der Waals surface area contributed by atoms with Crippen LogP contribution in [-0.4, -0.2) is 36.8 Å². The van der Waals surface area contributed by atoms with Crippen LogP contribution in [0.5, 0.6) is 0 Å². The van der Waals surface area contributed by atoms with Gasteiger partial charge in [-0.25, -0.2) is 0 Å². The number of methoxy groups -OCH3 is 2. The van der Waals surface area contributed by atoms with E-state index in [1.165, 1.54) is 0 Å². The topological polar surface area (TPSA) is 36.9 Å². The van der Waals surface area contributed by atoms with Gasteiger partial charge in [-0.15, -0.1) is 0 Å². The molecule has 11 heavy (non-hydrogen) atoms. The molecule has 0 aromatic heterocycles. The second-order valence-electron chi connectivity index (χ2n) is 2.06. The van der Waals surface area contributed by atoms with Gasteiger partial charge in [-0.05, 0) is 13.8 Å². The van der Waals surface area contributed by atoms with E-state index < -0.39 is 10.0 Å². The second-order valence-corrected chi connectivity index (χ2v) is 2.96. The molecule has 0 saturated heterocycles. The van der Waals surface area contributed by atoms with Gasteiger partial charge >= 0.3 is 10.0 Å². The van der Waals surface area contributed by atoms with E-state index in [0.717, 1.165) is 0 Å². The summed E-state index contributed by atoms with van der Waals surface area (Å²) in [6, 6.07) is 0. The van der Waals surface area contributed by atoms with E-state index in [-0.39, 0.29) is 12.6 Å². The summed E-state index contributed by atoms with van der Waals surface area (Å²) in [6.07, 6.45) is -0.351. The first-order valence-electron chi connectivity index (χ1n) is 3.49. The van der Waals surface area contributed by atoms with Crippen LogP contribution in [0.3, 0.4) is 0 Å². The molecule has 0 N–H and O–H groups in total. The first-order chi connectivity index (χ1) is 5.20. The van der Waals surface area contributed by atoms with E-state index in [2.05, 4.69) is 0 Å². The van der Waals surface area contributed by atoms with Gasteiger partial charge in [0.1, 0.15) is 12.6 Å². The van der Waals surface area contributed by atoms with E-state index in [9.17, 15) is 0 Å². The quantitative estimate of drug-likeness (QED) is 0.426. The third-order valence-corrected chi connectivity index (χ3v) is 2.48. The van der Waals surface area contributed by atoms with Gasteiger partial charge in [0.2, 0.25) is 0 Å². The highest BCUT2D eigenvalue weighted by Gasteiger charge is 2.01. The van der Waals surface area contributed by atoms with Crippen LogP contribution in [0.2, 0.25) is 0 Å². The molecule has 0 heterocycles. The van der Waals surface area contributed by atoms with Crippen LogP contribution in [-0.2, 0) is 18.3 Å². The van der Waals surface area contributed by atoms with E-state index in [1.54, 1.807) is 14.2 Å². The fraction of sp³-hybridized carbons (Fsp3) is 1.00. The maximum absolute atomic E-state index is 5.18. The summed E-state index contributed by atoms with van der Waals surface area (Å²) in [6.45, 7) is 3.65. The van der Waals surface area contributed by atoms with Crippen LogP contribution in [0.25, 0.3) is 0 Å². The molecule has 0 spiro atoms. The van der Waals surface area contributed by atoms with Crippen molar-refractivity contribution in [3.63, 3.8) is 0 Å². The third kappa shape index (κ3) is 6.45. The highest BCUT2D eigenvalue weighted by atomic mass is 28.3. The predicted octanol–water partition coefficient (Wildman–Crippen LogP) is 0.00320. The molecule has 0 radical (unpaired) electrons. The maximum Gasteiger partial charge on any atom is 0.308 e. The zero-order valence-electron chi connectivity index (χ0n) is 7.49. The summed E-state index contributed by atoms with van der Waals surface area (Å²) in [5.74, 6) is 0. The average molecular weight is 180 g/mol. The maximum atomic E-state index is 5.18. The summed E-state index contributed by atoms with van der Waals surface area (Å²) in [5, 5.41) is 0. The lowest BCUT2D eigenvalue weighted by Gasteiger charge is -2.14. The molecule has 4 nitrogen and oxygen atoms in total. The van der Waals surface area contributed by atoms with Crippen LogP contribution in [0.4, 0.5) is 0 Å². The molecule has 0 aliphatic heterocycles. The van der Waals surface area contributed by atoms with Crippen molar-refractivity contribution in [1.29, 1.82) is 0 Å². The Bertz CT molecular complexity index is 80.7. The lowest BCUT2D eigenvalue weighted by Crippen LogP contribution is -2.20. The van der Waals surface area contributed by atoms with Gasteiger partial charge in [0.05, 0.1) is 0 Å². The van der Waals surface area contributed by atoms with Crippen molar-refractivity contribution in [3.8, 4) is 0 Å². The second kappa shape index (κ2) is 6.75. The molecular weight excluding hydrogens is 164 g/mol. The standard InChI is InChI=1S/C6H16O4Si/c1-5(7-3)9-11-10-6(2)8-4/h5-6H,11H2,1-4H3. The number of ether oxygens (including phenoxy) is 2. The Morgan fingerprint density at radius 1 is 0.909 bits per heavy atom. The Balaban J connectivity index is 3.13. The summed E-state index contributed by atoms with van der Waals surface area (Å²) in [5.41, 5.74) is 0. The lowest BCUT2D eigenvalue weighted by atomic mass is 10.8. The van der Waals surface area contributed by atoms with Crippen molar-refractivity contribution in [2.24, 2.45) is 0 Å². The summed E-state index contributed by atoms with van der Waals surface area (Å²) < 4.78 is 20.1. The fourth-order valence-electron chi connectivity index (χ4n) is 0.367. The van der Waals surface area contributed by atoms with Crippen molar-refractivity contribution in [2.45, 2.75) is 26.4 Å². The SMILES string of the molecule is COC(C)O[SiH2]OC(C)OC. The van der Waals surface area contributed by atoms with Gasteiger partial charge in [-0.1, -0.05) is 0 Å². The molecule has 0 rings (SSSR count). The number of hydrogen-bond acceptors (Lipinski definition) is 4.